The second kappa shape index (κ2) is 45.6. The molecule has 6 aromatic rings. The van der Waals surface area contributed by atoms with Crippen molar-refractivity contribution in [2.24, 2.45) is 21.1 Å². The third kappa shape index (κ3) is 26.2. The van der Waals surface area contributed by atoms with E-state index in [1.165, 1.54) is 23.2 Å². The third-order valence-corrected chi connectivity index (χ3v) is 18.2. The van der Waals surface area contributed by atoms with Crippen LogP contribution in [0.1, 0.15) is 120 Å². The summed E-state index contributed by atoms with van der Waals surface area (Å²) in [5.41, 5.74) is 4.46. The summed E-state index contributed by atoms with van der Waals surface area (Å²) in [6.45, 7) is 20.7. The molecule has 0 spiro atoms. The average Bonchev–Trinajstić information content (AvgIpc) is 2.01. The van der Waals surface area contributed by atoms with Crippen molar-refractivity contribution in [1.29, 1.82) is 0 Å². The van der Waals surface area contributed by atoms with Crippen LogP contribution < -0.4 is 43.7 Å². The quantitative estimate of drug-likeness (QED) is 0.0453. The van der Waals surface area contributed by atoms with Crippen molar-refractivity contribution in [3.05, 3.63) is 110 Å². The smallest absolute Gasteiger partial charge is 0.410 e. The molecule has 6 fully saturated rings. The van der Waals surface area contributed by atoms with Gasteiger partial charge in [0.1, 0.15) is 29.3 Å². The average molecular weight is 2060 g/mol. The van der Waals surface area contributed by atoms with Gasteiger partial charge in [0.2, 0.25) is 35.4 Å². The Morgan fingerprint density at radius 1 is 0.560 bits per heavy atom. The molecule has 3 unspecified atom stereocenters. The van der Waals surface area contributed by atoms with Crippen LogP contribution in [0.5, 0.6) is 0 Å². The number of aryl methyl sites for hydroxylation is 3. The fraction of sp³-hybridized carbons (Fsp3) is 0.563. The van der Waals surface area contributed by atoms with Gasteiger partial charge < -0.3 is 51.5 Å². The summed E-state index contributed by atoms with van der Waals surface area (Å²) < 4.78 is 36.8. The number of halogens is 1. The van der Waals surface area contributed by atoms with Gasteiger partial charge >= 0.3 is 29.3 Å². The number of hydrogen-bond donors (Lipinski definition) is 5. The van der Waals surface area contributed by atoms with Crippen molar-refractivity contribution in [2.75, 3.05) is 99.9 Å². The van der Waals surface area contributed by atoms with Crippen LogP contribution >= 0.6 is 12.4 Å². The zero-order valence-corrected chi connectivity index (χ0v) is 80.2. The summed E-state index contributed by atoms with van der Waals surface area (Å²) in [6, 6.07) is 14.4. The number of morpholine rings is 3. The molecule has 6 atom stereocenters. The Balaban J connectivity index is 0.000000501. The van der Waals surface area contributed by atoms with Gasteiger partial charge in [-0.1, -0.05) is 30.3 Å². The number of imidazole rings is 3. The third-order valence-electron chi connectivity index (χ3n) is 18.2. The maximum absolute atomic E-state index is 13.2. The number of ether oxygens (including phenoxy) is 5. The number of aldehydes is 1. The number of amides is 8. The summed E-state index contributed by atoms with van der Waals surface area (Å²) >= 11 is 0. The Labute approximate surface area is 761 Å². The zero-order chi connectivity index (χ0) is 74.1. The Kier molecular flexibility index (Phi) is 42.4. The maximum Gasteiger partial charge on any atom is 0.410 e. The SMILES string of the molecule is CN(C[C@@H]1CN(Cc2cccc3c2n(C)c(=O)n3C2CCC(=O)NC2=O)CCO1)C(=O)OC(C)(C)C.CN(C[C@@H]1CNCCO1)C(=O)OC(C)(C)C.CNC[C@@H]1CN(Cc2cccc3c2n(C)c(=O)n3C2CCC(=O)NC2=O)CCO1.Cl.Cn1c(=O)n(C2CCC(=O)NC2=O)c2cccc(C=O)c21.[CH3-].[K].[W].[W].[Y].[Y]. The second-order valence-corrected chi connectivity index (χ2v) is 28.4. The summed E-state index contributed by atoms with van der Waals surface area (Å²) in [5, 5.41) is 13.3. The number of hydrogen-bond acceptors (Lipinski definition) is 21. The first-order chi connectivity index (χ1) is 48.4. The molecule has 3 radical (unpaired) electrons. The van der Waals surface area contributed by atoms with Crippen LogP contribution in [0, 0.1) is 7.43 Å². The standard InChI is InChI=1S/C25H35N5O6.C20H27N5O4.C14H13N3O4.C11H22N2O3.CH3.ClH.K.2W.2Y/c1-25(2,3)36-24(34)27(4)14-17-15-29(11-12-35-17)13-16-7-6-8-18-21(16)28(5)23(33)30(18)19-9-10-20(31)26-22(19)32;1-21-10-14-12-24(8-9-29-14)11-13-4-3-5-15-18(13)23(2)20(28)25(15)16-6-7-17(26)22-19(16)27;1-16-12-8(7-18)3-2-4-9(12)17(14(16)21)10-5-6-11(19)15-13(10)20;1-11(2,3)16-10(14)13(4)8-9-7-12-5-6-15-9;;;;;;;/h6-8,17,19H,9-15H2,1-5H3,(H,26,31,32);3-5,14,16,21H,6-12H2,1-2H3,(H,22,26,27);2-4,7,10H,5-6H2,1H3,(H,15,19,20);9,12H,5-8H2,1-4H3;1H3;1H;;;;;/q;;;;-1;;;;;;/t17-,19?;14-,16?;;9-;;;;;;;/m11.0......./s1. The molecule has 0 bridgehead atoms. The van der Waals surface area contributed by atoms with Crippen molar-refractivity contribution in [3.8, 4) is 0 Å². The fourth-order valence-corrected chi connectivity index (χ4v) is 13.5. The van der Waals surface area contributed by atoms with E-state index in [4.69, 9.17) is 23.7 Å². The molecule has 0 aliphatic carbocycles. The topological polar surface area (TPSA) is 354 Å². The van der Waals surface area contributed by atoms with E-state index in [9.17, 15) is 57.5 Å². The molecule has 32 nitrogen and oxygen atoms in total. The summed E-state index contributed by atoms with van der Waals surface area (Å²) in [4.78, 5) is 153. The van der Waals surface area contributed by atoms with Gasteiger partial charge in [-0.3, -0.25) is 86.7 Å². The number of aromatic nitrogens is 6. The van der Waals surface area contributed by atoms with E-state index in [0.717, 1.165) is 60.4 Å². The van der Waals surface area contributed by atoms with Crippen molar-refractivity contribution < 1.29 is 174 Å². The van der Waals surface area contributed by atoms with Crippen LogP contribution in [0.2, 0.25) is 0 Å². The molecule has 9 heterocycles. The fourth-order valence-electron chi connectivity index (χ4n) is 13.5. The van der Waals surface area contributed by atoms with E-state index < -0.39 is 53.1 Å². The summed E-state index contributed by atoms with van der Waals surface area (Å²) in [5.74, 6) is -2.29. The normalized spacial score (nSPS) is 20.1. The van der Waals surface area contributed by atoms with Crippen LogP contribution in [0.25, 0.3) is 33.1 Å². The number of piperidine rings is 3. The van der Waals surface area contributed by atoms with Gasteiger partial charge in [0, 0.05) is 278 Å². The van der Waals surface area contributed by atoms with Gasteiger partial charge in [-0.05, 0) is 103 Å². The molecule has 0 saturated carbocycles. The number of nitrogens with one attached hydrogen (secondary N) is 5. The van der Waals surface area contributed by atoms with Crippen LogP contribution in [0.15, 0.2) is 69.0 Å². The van der Waals surface area contributed by atoms with Crippen molar-refractivity contribution in [3.63, 3.8) is 0 Å². The molecule has 38 heteroatoms. The zero-order valence-electron chi connectivity index (χ0n) is 64.7. The predicted molar refractivity (Wildman–Crippen MR) is 395 cm³/mol. The minimum Gasteiger partial charge on any atom is -0.444 e. The number of nitrogens with zero attached hydrogens (tertiary/aromatic N) is 10. The van der Waals surface area contributed by atoms with Gasteiger partial charge in [0.15, 0.2) is 6.29 Å². The molecular formula is C71H101ClKN15O17W2Y2-. The molecule has 3 aromatic heterocycles. The Morgan fingerprint density at radius 3 is 1.28 bits per heavy atom. The van der Waals surface area contributed by atoms with E-state index in [2.05, 4.69) is 36.4 Å². The van der Waals surface area contributed by atoms with Crippen LogP contribution in [-0.4, -0.2) is 282 Å². The second-order valence-electron chi connectivity index (χ2n) is 28.4. The van der Waals surface area contributed by atoms with E-state index in [1.54, 1.807) is 67.5 Å². The number of rotatable bonds is 14. The van der Waals surface area contributed by atoms with Gasteiger partial charge in [-0.15, -0.1) is 12.4 Å². The maximum atomic E-state index is 13.2. The number of likely N-dealkylation sites (N-methyl/N-ethyl adjacent to an activating group) is 3. The molecule has 109 heavy (non-hydrogen) atoms. The molecule has 12 rings (SSSR count). The molecular weight excluding hydrogens is 1950 g/mol. The van der Waals surface area contributed by atoms with Gasteiger partial charge in [-0.2, -0.15) is 0 Å². The molecule has 589 valence electrons. The molecule has 6 saturated heterocycles. The van der Waals surface area contributed by atoms with Gasteiger partial charge in [0.05, 0.1) is 84.3 Å². The van der Waals surface area contributed by atoms with E-state index in [-0.39, 0.29) is 264 Å². The van der Waals surface area contributed by atoms with Crippen molar-refractivity contribution in [2.45, 2.75) is 141 Å². The van der Waals surface area contributed by atoms with E-state index in [1.807, 2.05) is 85.0 Å². The first-order valence-corrected chi connectivity index (χ1v) is 34.4. The van der Waals surface area contributed by atoms with Crippen LogP contribution in [-0.2, 0) is 194 Å². The molecule has 6 aliphatic rings. The molecule has 8 amide bonds. The van der Waals surface area contributed by atoms with E-state index >= 15 is 0 Å². The Bertz CT molecular complexity index is 4340. The minimum absolute atomic E-state index is 0. The van der Waals surface area contributed by atoms with E-state index in [0.29, 0.717) is 100 Å². The largest absolute Gasteiger partial charge is 0.444 e. The number of carbonyl (C=O) groups excluding carboxylic acids is 9. The Morgan fingerprint density at radius 2 is 0.917 bits per heavy atom. The van der Waals surface area contributed by atoms with Gasteiger partial charge in [0.25, 0.3) is 0 Å². The number of fused-ring (bicyclic) bond motifs is 3. The van der Waals surface area contributed by atoms with Crippen LogP contribution in [0.4, 0.5) is 9.59 Å². The Hall–Kier alpha value is -3.67. The van der Waals surface area contributed by atoms with Crippen LogP contribution in [0.3, 0.4) is 0 Å². The minimum atomic E-state index is -0.735. The van der Waals surface area contributed by atoms with Gasteiger partial charge in [-0.25, -0.2) is 24.0 Å². The predicted octanol–water partition coefficient (Wildman–Crippen LogP) is 2.58. The number of benzene rings is 3. The molecule has 5 N–H and O–H groups in total. The number of para-hydroxylation sites is 3. The number of imide groups is 3. The first-order valence-electron chi connectivity index (χ1n) is 34.4. The summed E-state index contributed by atoms with van der Waals surface area (Å²) in [7, 11) is 10.3. The first kappa shape index (κ1) is 101. The molecule has 3 aromatic carbocycles. The monoisotopic (exact) mass is 2060 g/mol. The summed E-state index contributed by atoms with van der Waals surface area (Å²) in [6.07, 6.45) is 1.54. The van der Waals surface area contributed by atoms with Crippen molar-refractivity contribution in [1.82, 2.24) is 73.6 Å². The number of carbonyl (C=O) groups is 9. The molecule has 6 aliphatic heterocycles. The van der Waals surface area contributed by atoms with Crippen molar-refractivity contribution >= 4 is 151 Å².